The largest absolute Gasteiger partial charge is 0.357 e. The molecule has 3 aliphatic rings. The number of hydrogen-bond acceptors (Lipinski definition) is 2. The minimum absolute atomic E-state index is 0.410. The van der Waals surface area contributed by atoms with Gasteiger partial charge in [0.1, 0.15) is 0 Å². The zero-order chi connectivity index (χ0) is 14.2. The van der Waals surface area contributed by atoms with E-state index in [9.17, 15) is 0 Å². The molecule has 3 nitrogen and oxygen atoms in total. The summed E-state index contributed by atoms with van der Waals surface area (Å²) >= 11 is 0. The van der Waals surface area contributed by atoms with Crippen molar-refractivity contribution in [3.05, 3.63) is 47.3 Å². The van der Waals surface area contributed by atoms with Crippen LogP contribution in [0.25, 0.3) is 4.85 Å². The molecule has 0 amide bonds. The maximum atomic E-state index is 6.90. The van der Waals surface area contributed by atoms with E-state index in [2.05, 4.69) is 29.9 Å². The van der Waals surface area contributed by atoms with Gasteiger partial charge in [-0.25, -0.2) is 4.85 Å². The van der Waals surface area contributed by atoms with Crippen molar-refractivity contribution in [2.75, 3.05) is 0 Å². The zero-order valence-corrected chi connectivity index (χ0v) is 11.8. The van der Waals surface area contributed by atoms with Gasteiger partial charge in [0, 0.05) is 0 Å². The first-order chi connectivity index (χ1) is 9.61. The van der Waals surface area contributed by atoms with Gasteiger partial charge in [-0.2, -0.15) is 0 Å². The lowest BCUT2D eigenvalue weighted by Gasteiger charge is -2.55. The van der Waals surface area contributed by atoms with Crippen LogP contribution in [-0.2, 0) is 0 Å². The molecule has 1 aromatic carbocycles. The zero-order valence-electron chi connectivity index (χ0n) is 11.8. The molecular formula is C17H18N2O. The highest BCUT2D eigenvalue weighted by molar-refractivity contribution is 5.80. The lowest BCUT2D eigenvalue weighted by Crippen LogP contribution is -2.48. The van der Waals surface area contributed by atoms with E-state index in [1.807, 2.05) is 6.21 Å². The number of hydrogen-bond donors (Lipinski definition) is 0. The molecule has 3 heteroatoms. The molecule has 0 saturated heterocycles. The van der Waals surface area contributed by atoms with Crippen LogP contribution in [0.4, 0.5) is 5.69 Å². The van der Waals surface area contributed by atoms with Gasteiger partial charge in [0.15, 0.2) is 11.4 Å². The second-order valence-electron chi connectivity index (χ2n) is 6.18. The third-order valence-electron chi connectivity index (χ3n) is 4.84. The molecule has 2 bridgehead atoms. The van der Waals surface area contributed by atoms with Crippen molar-refractivity contribution in [3.63, 3.8) is 0 Å². The van der Waals surface area contributed by atoms with Gasteiger partial charge in [0.2, 0.25) is 0 Å². The van der Waals surface area contributed by atoms with Gasteiger partial charge in [-0.05, 0) is 47.8 Å². The van der Waals surface area contributed by atoms with E-state index in [4.69, 9.17) is 11.4 Å². The SMILES string of the molecule is [C-]#[N+]c1ccc(O/N=C/C2=CCC3CC2C3(C)C)cc1. The molecule has 0 aliphatic heterocycles. The van der Waals surface area contributed by atoms with Gasteiger partial charge < -0.3 is 4.84 Å². The van der Waals surface area contributed by atoms with E-state index in [0.717, 1.165) is 12.3 Å². The summed E-state index contributed by atoms with van der Waals surface area (Å²) in [5.74, 6) is 2.13. The summed E-state index contributed by atoms with van der Waals surface area (Å²) in [5.41, 5.74) is 2.32. The van der Waals surface area contributed by atoms with Gasteiger partial charge in [-0.3, -0.25) is 0 Å². The number of fused-ring (bicyclic) bond motifs is 1. The van der Waals surface area contributed by atoms with Crippen molar-refractivity contribution < 1.29 is 4.84 Å². The topological polar surface area (TPSA) is 25.9 Å². The van der Waals surface area contributed by atoms with Gasteiger partial charge in [0.05, 0.1) is 12.8 Å². The van der Waals surface area contributed by atoms with E-state index in [1.165, 1.54) is 12.0 Å². The maximum Gasteiger partial charge on any atom is 0.187 e. The molecule has 4 rings (SSSR count). The molecule has 0 N–H and O–H groups in total. The summed E-state index contributed by atoms with van der Waals surface area (Å²) in [6.45, 7) is 11.6. The first-order valence-electron chi connectivity index (χ1n) is 6.99. The second kappa shape index (κ2) is 4.79. The van der Waals surface area contributed by atoms with Crippen LogP contribution in [0.1, 0.15) is 26.7 Å². The fourth-order valence-electron chi connectivity index (χ4n) is 3.27. The summed E-state index contributed by atoms with van der Waals surface area (Å²) in [6, 6.07) is 7.00. The van der Waals surface area contributed by atoms with Crippen LogP contribution in [0.5, 0.6) is 5.75 Å². The van der Waals surface area contributed by atoms with Gasteiger partial charge in [0.25, 0.3) is 0 Å². The Balaban J connectivity index is 1.64. The molecule has 2 atom stereocenters. The smallest absolute Gasteiger partial charge is 0.187 e. The summed E-state index contributed by atoms with van der Waals surface area (Å²) in [4.78, 5) is 8.71. The first-order valence-corrected chi connectivity index (χ1v) is 6.99. The number of nitrogens with zero attached hydrogens (tertiary/aromatic N) is 2. The highest BCUT2D eigenvalue weighted by atomic mass is 16.6. The van der Waals surface area contributed by atoms with Crippen molar-refractivity contribution in [2.24, 2.45) is 22.4 Å². The monoisotopic (exact) mass is 266 g/mol. The Morgan fingerprint density at radius 3 is 2.70 bits per heavy atom. The number of oxime groups is 1. The van der Waals surface area contributed by atoms with Crippen LogP contribution in [0.2, 0.25) is 0 Å². The van der Waals surface area contributed by atoms with E-state index in [-0.39, 0.29) is 0 Å². The van der Waals surface area contributed by atoms with Crippen LogP contribution in [-0.4, -0.2) is 6.21 Å². The average Bonchev–Trinajstić information content (AvgIpc) is 2.48. The molecule has 0 aromatic heterocycles. The lowest BCUT2D eigenvalue weighted by molar-refractivity contribution is -0.00138. The predicted molar refractivity (Wildman–Crippen MR) is 79.9 cm³/mol. The molecule has 2 unspecified atom stereocenters. The molecule has 0 heterocycles. The Morgan fingerprint density at radius 1 is 1.35 bits per heavy atom. The Bertz CT molecular complexity index is 605. The first kappa shape index (κ1) is 12.9. The minimum atomic E-state index is 0.410. The van der Waals surface area contributed by atoms with Crippen molar-refractivity contribution in [1.82, 2.24) is 0 Å². The molecule has 1 saturated carbocycles. The summed E-state index contributed by atoms with van der Waals surface area (Å²) < 4.78 is 0. The normalized spacial score (nSPS) is 26.6. The van der Waals surface area contributed by atoms with Crippen LogP contribution >= 0.6 is 0 Å². The maximum absolute atomic E-state index is 6.90. The van der Waals surface area contributed by atoms with E-state index < -0.39 is 0 Å². The fourth-order valence-corrected chi connectivity index (χ4v) is 3.27. The molecule has 0 spiro atoms. The summed E-state index contributed by atoms with van der Waals surface area (Å²) in [6.07, 6.45) is 6.58. The molecule has 1 fully saturated rings. The van der Waals surface area contributed by atoms with Crippen LogP contribution in [0, 0.1) is 23.8 Å². The van der Waals surface area contributed by atoms with Crippen molar-refractivity contribution in [3.8, 4) is 5.75 Å². The van der Waals surface area contributed by atoms with Gasteiger partial charge >= 0.3 is 0 Å². The van der Waals surface area contributed by atoms with Gasteiger partial charge in [-0.1, -0.05) is 37.2 Å². The van der Waals surface area contributed by atoms with Crippen LogP contribution in [0.15, 0.2) is 41.1 Å². The Kier molecular flexibility index (Phi) is 3.10. The van der Waals surface area contributed by atoms with E-state index >= 15 is 0 Å². The second-order valence-corrected chi connectivity index (χ2v) is 6.18. The third-order valence-corrected chi connectivity index (χ3v) is 4.84. The summed E-state index contributed by atoms with van der Waals surface area (Å²) in [5, 5.41) is 4.09. The van der Waals surface area contributed by atoms with Gasteiger partial charge in [-0.15, -0.1) is 0 Å². The van der Waals surface area contributed by atoms with Crippen LogP contribution in [0.3, 0.4) is 0 Å². The fraction of sp³-hybridized carbons (Fsp3) is 0.412. The minimum Gasteiger partial charge on any atom is -0.357 e. The Hall–Kier alpha value is -2.08. The van der Waals surface area contributed by atoms with Crippen molar-refractivity contribution >= 4 is 11.9 Å². The van der Waals surface area contributed by atoms with Crippen molar-refractivity contribution in [1.29, 1.82) is 0 Å². The molecule has 20 heavy (non-hydrogen) atoms. The number of rotatable bonds is 3. The third kappa shape index (κ3) is 2.12. The predicted octanol–water partition coefficient (Wildman–Crippen LogP) is 4.59. The molecular weight excluding hydrogens is 248 g/mol. The Morgan fingerprint density at radius 2 is 2.10 bits per heavy atom. The molecule has 1 aromatic rings. The standard InChI is InChI=1S/C17H18N2O/c1-17(2)13-5-4-12(16(17)10-13)11-19-20-15-8-6-14(18-3)7-9-15/h4,6-9,11,13,16H,5,10H2,1-2H3/b19-11+. The molecule has 0 radical (unpaired) electrons. The molecule has 3 aliphatic carbocycles. The highest BCUT2D eigenvalue weighted by Crippen LogP contribution is 2.58. The number of allylic oxidation sites excluding steroid dienone is 2. The van der Waals surface area contributed by atoms with Crippen molar-refractivity contribution in [2.45, 2.75) is 26.7 Å². The van der Waals surface area contributed by atoms with E-state index in [1.54, 1.807) is 24.3 Å². The van der Waals surface area contributed by atoms with Crippen LogP contribution < -0.4 is 4.84 Å². The summed E-state index contributed by atoms with van der Waals surface area (Å²) in [7, 11) is 0. The number of benzene rings is 1. The van der Waals surface area contributed by atoms with E-state index in [0.29, 0.717) is 22.8 Å². The Labute approximate surface area is 119 Å². The lowest BCUT2D eigenvalue weighted by atomic mass is 9.49. The quantitative estimate of drug-likeness (QED) is 0.446. The average molecular weight is 266 g/mol. The highest BCUT2D eigenvalue weighted by Gasteiger charge is 2.50. The molecule has 102 valence electrons.